The number of amides is 1. The second-order valence-corrected chi connectivity index (χ2v) is 6.25. The highest BCUT2D eigenvalue weighted by atomic mass is 16.7. The number of nitrogens with zero attached hydrogens (tertiary/aromatic N) is 1. The van der Waals surface area contributed by atoms with Crippen LogP contribution >= 0.6 is 0 Å². The molecule has 0 aliphatic carbocycles. The summed E-state index contributed by atoms with van der Waals surface area (Å²) in [4.78, 5) is 14.7. The summed E-state index contributed by atoms with van der Waals surface area (Å²) in [5.74, 6) is 1.93. The minimum atomic E-state index is -0.0923. The van der Waals surface area contributed by atoms with Crippen LogP contribution in [0.4, 0.5) is 0 Å². The van der Waals surface area contributed by atoms with E-state index in [1.165, 1.54) is 0 Å². The van der Waals surface area contributed by atoms with Crippen LogP contribution in [0, 0.1) is 0 Å². The predicted molar refractivity (Wildman–Crippen MR) is 98.9 cm³/mol. The molecule has 0 atom stereocenters. The summed E-state index contributed by atoms with van der Waals surface area (Å²) >= 11 is 0. The maximum Gasteiger partial charge on any atom is 0.257 e. The smallest absolute Gasteiger partial charge is 0.257 e. The van der Waals surface area contributed by atoms with E-state index in [0.29, 0.717) is 23.6 Å². The van der Waals surface area contributed by atoms with Gasteiger partial charge in [-0.25, -0.2) is 0 Å². The van der Waals surface area contributed by atoms with Gasteiger partial charge in [0, 0.05) is 13.6 Å². The Morgan fingerprint density at radius 2 is 1.77 bits per heavy atom. The Balaban J connectivity index is 1.61. The highest BCUT2D eigenvalue weighted by molar-refractivity contribution is 6.01. The molecule has 3 aromatic carbocycles. The largest absolute Gasteiger partial charge is 0.496 e. The maximum atomic E-state index is 13.0. The molecule has 0 radical (unpaired) electrons. The van der Waals surface area contributed by atoms with Crippen molar-refractivity contribution in [3.63, 3.8) is 0 Å². The van der Waals surface area contributed by atoms with Gasteiger partial charge in [0.1, 0.15) is 5.75 Å². The minimum absolute atomic E-state index is 0.0923. The zero-order chi connectivity index (χ0) is 18.1. The SMILES string of the molecule is COc1cc2ccccc2cc1C(=O)N(C)Cc1ccc2c(c1)OCO2. The molecule has 5 nitrogen and oxygen atoms in total. The number of carbonyl (C=O) groups excluding carboxylic acids is 1. The molecule has 1 heterocycles. The second-order valence-electron chi connectivity index (χ2n) is 6.25. The number of hydrogen-bond acceptors (Lipinski definition) is 4. The fourth-order valence-corrected chi connectivity index (χ4v) is 3.15. The first-order valence-corrected chi connectivity index (χ1v) is 8.36. The molecule has 0 saturated carbocycles. The van der Waals surface area contributed by atoms with E-state index in [9.17, 15) is 4.79 Å². The van der Waals surface area contributed by atoms with Gasteiger partial charge in [-0.15, -0.1) is 0 Å². The van der Waals surface area contributed by atoms with Crippen LogP contribution in [0.25, 0.3) is 10.8 Å². The quantitative estimate of drug-likeness (QED) is 0.718. The number of benzene rings is 3. The molecule has 0 spiro atoms. The van der Waals surface area contributed by atoms with Crippen molar-refractivity contribution in [1.82, 2.24) is 4.90 Å². The average Bonchev–Trinajstić information content (AvgIpc) is 3.14. The highest BCUT2D eigenvalue weighted by Crippen LogP contribution is 2.33. The van der Waals surface area contributed by atoms with Gasteiger partial charge in [-0.3, -0.25) is 4.79 Å². The van der Waals surface area contributed by atoms with E-state index < -0.39 is 0 Å². The van der Waals surface area contributed by atoms with Crippen LogP contribution in [0.3, 0.4) is 0 Å². The fourth-order valence-electron chi connectivity index (χ4n) is 3.15. The van der Waals surface area contributed by atoms with Gasteiger partial charge < -0.3 is 19.1 Å². The molecule has 0 fully saturated rings. The summed E-state index contributed by atoms with van der Waals surface area (Å²) in [5, 5.41) is 2.05. The topological polar surface area (TPSA) is 48.0 Å². The molecule has 0 N–H and O–H groups in total. The van der Waals surface area contributed by atoms with Crippen molar-refractivity contribution in [2.45, 2.75) is 6.54 Å². The highest BCUT2D eigenvalue weighted by Gasteiger charge is 2.19. The van der Waals surface area contributed by atoms with Gasteiger partial charge in [-0.05, 0) is 40.6 Å². The maximum absolute atomic E-state index is 13.0. The van der Waals surface area contributed by atoms with Crippen LogP contribution in [0.5, 0.6) is 17.2 Å². The number of fused-ring (bicyclic) bond motifs is 2. The lowest BCUT2D eigenvalue weighted by atomic mass is 10.0. The van der Waals surface area contributed by atoms with Crippen LogP contribution in [0.1, 0.15) is 15.9 Å². The Bertz CT molecular complexity index is 983. The van der Waals surface area contributed by atoms with Gasteiger partial charge in [0.25, 0.3) is 5.91 Å². The second kappa shape index (κ2) is 6.59. The molecule has 3 aromatic rings. The Morgan fingerprint density at radius 1 is 1.04 bits per heavy atom. The van der Waals surface area contributed by atoms with Gasteiger partial charge in [-0.1, -0.05) is 30.3 Å². The van der Waals surface area contributed by atoms with E-state index in [2.05, 4.69) is 0 Å². The molecule has 132 valence electrons. The molecule has 0 saturated heterocycles. The Kier molecular flexibility index (Phi) is 4.13. The molecule has 0 unspecified atom stereocenters. The van der Waals surface area contributed by atoms with E-state index in [-0.39, 0.29) is 12.7 Å². The zero-order valence-corrected chi connectivity index (χ0v) is 14.7. The number of rotatable bonds is 4. The number of methoxy groups -OCH3 is 1. The molecule has 26 heavy (non-hydrogen) atoms. The standard InChI is InChI=1S/C21H19NO4/c1-22(12-14-7-8-18-20(9-14)26-13-25-18)21(23)17-10-15-5-3-4-6-16(15)11-19(17)24-2/h3-11H,12-13H2,1-2H3. The summed E-state index contributed by atoms with van der Waals surface area (Å²) in [6, 6.07) is 17.4. The van der Waals surface area contributed by atoms with Crippen molar-refractivity contribution in [3.05, 3.63) is 65.7 Å². The van der Waals surface area contributed by atoms with Gasteiger partial charge in [-0.2, -0.15) is 0 Å². The molecule has 4 rings (SSSR count). The van der Waals surface area contributed by atoms with Gasteiger partial charge >= 0.3 is 0 Å². The Morgan fingerprint density at radius 3 is 2.54 bits per heavy atom. The van der Waals surface area contributed by atoms with E-state index in [1.54, 1.807) is 19.1 Å². The van der Waals surface area contributed by atoms with E-state index in [4.69, 9.17) is 14.2 Å². The van der Waals surface area contributed by atoms with Gasteiger partial charge in [0.15, 0.2) is 11.5 Å². The first kappa shape index (κ1) is 16.3. The van der Waals surface area contributed by atoms with Crippen molar-refractivity contribution in [1.29, 1.82) is 0 Å². The molecule has 1 aliphatic heterocycles. The number of ether oxygens (including phenoxy) is 3. The van der Waals surface area contributed by atoms with Gasteiger partial charge in [0.2, 0.25) is 6.79 Å². The van der Waals surface area contributed by atoms with Gasteiger partial charge in [0.05, 0.1) is 12.7 Å². The molecule has 1 aliphatic rings. The van der Waals surface area contributed by atoms with Crippen LogP contribution in [-0.4, -0.2) is 31.8 Å². The van der Waals surface area contributed by atoms with Crippen molar-refractivity contribution >= 4 is 16.7 Å². The average molecular weight is 349 g/mol. The van der Waals surface area contributed by atoms with Crippen molar-refractivity contribution in [2.75, 3.05) is 21.0 Å². The Labute approximate surface area is 151 Å². The van der Waals surface area contributed by atoms with E-state index >= 15 is 0 Å². The normalized spacial score (nSPS) is 12.2. The third-order valence-electron chi connectivity index (χ3n) is 4.50. The van der Waals surface area contributed by atoms with Crippen LogP contribution in [0.2, 0.25) is 0 Å². The Hall–Kier alpha value is -3.21. The van der Waals surface area contributed by atoms with E-state index in [0.717, 1.165) is 22.1 Å². The fraction of sp³-hybridized carbons (Fsp3) is 0.190. The summed E-state index contributed by atoms with van der Waals surface area (Å²) in [5.41, 5.74) is 1.53. The molecular weight excluding hydrogens is 330 g/mol. The van der Waals surface area contributed by atoms with Crippen molar-refractivity contribution in [3.8, 4) is 17.2 Å². The lowest BCUT2D eigenvalue weighted by Crippen LogP contribution is -2.26. The monoisotopic (exact) mass is 349 g/mol. The van der Waals surface area contributed by atoms with Crippen molar-refractivity contribution in [2.24, 2.45) is 0 Å². The lowest BCUT2D eigenvalue weighted by Gasteiger charge is -2.19. The summed E-state index contributed by atoms with van der Waals surface area (Å²) in [6.07, 6.45) is 0. The molecule has 0 bridgehead atoms. The summed E-state index contributed by atoms with van der Waals surface area (Å²) < 4.78 is 16.2. The van der Waals surface area contributed by atoms with Crippen LogP contribution in [-0.2, 0) is 6.54 Å². The van der Waals surface area contributed by atoms with Crippen molar-refractivity contribution < 1.29 is 19.0 Å². The van der Waals surface area contributed by atoms with E-state index in [1.807, 2.05) is 54.6 Å². The molecule has 5 heteroatoms. The van der Waals surface area contributed by atoms with Crippen LogP contribution < -0.4 is 14.2 Å². The first-order chi connectivity index (χ1) is 12.7. The molecular formula is C21H19NO4. The minimum Gasteiger partial charge on any atom is -0.496 e. The lowest BCUT2D eigenvalue weighted by molar-refractivity contribution is 0.0781. The summed E-state index contributed by atoms with van der Waals surface area (Å²) in [7, 11) is 3.36. The summed E-state index contributed by atoms with van der Waals surface area (Å²) in [6.45, 7) is 0.702. The first-order valence-electron chi connectivity index (χ1n) is 8.36. The zero-order valence-electron chi connectivity index (χ0n) is 14.7. The number of carbonyl (C=O) groups is 1. The molecule has 0 aromatic heterocycles. The predicted octanol–water partition coefficient (Wildman–Crippen LogP) is 3.85. The third kappa shape index (κ3) is 2.92. The third-order valence-corrected chi connectivity index (χ3v) is 4.50. The number of hydrogen-bond donors (Lipinski definition) is 0. The van der Waals surface area contributed by atoms with Crippen LogP contribution in [0.15, 0.2) is 54.6 Å². The molecule has 1 amide bonds.